The predicted octanol–water partition coefficient (Wildman–Crippen LogP) is 9.73. The number of nitrogens with one attached hydrogen (secondary N) is 2. The fraction of sp³-hybridized carbons (Fsp3) is 0.0588. The van der Waals surface area contributed by atoms with Crippen LogP contribution in [0.3, 0.4) is 0 Å². The van der Waals surface area contributed by atoms with E-state index in [0.717, 1.165) is 25.9 Å². The lowest BCUT2D eigenvalue weighted by molar-refractivity contribution is -0.384. The van der Waals surface area contributed by atoms with Crippen LogP contribution in [-0.2, 0) is 0 Å². The molecule has 6 aromatic rings. The minimum Gasteiger partial charge on any atom is -0.490 e. The number of anilines is 1. The molecule has 0 saturated carbocycles. The number of ether oxygens (including phenoxy) is 2. The zero-order valence-electron chi connectivity index (χ0n) is 25.5. The Morgan fingerprint density at radius 2 is 1.56 bits per heavy atom. The molecule has 16 heteroatoms. The molecule has 0 aliphatic carbocycles. The van der Waals surface area contributed by atoms with Gasteiger partial charge in [-0.05, 0) is 73.2 Å². The van der Waals surface area contributed by atoms with E-state index in [9.17, 15) is 24.5 Å². The molecule has 252 valence electrons. The minimum absolute atomic E-state index is 0.101. The summed E-state index contributed by atoms with van der Waals surface area (Å²) < 4.78 is 13.6. The number of non-ortho nitro benzene ring substituents is 1. The third-order valence-electron chi connectivity index (χ3n) is 7.06. The maximum absolute atomic E-state index is 13.0. The van der Waals surface area contributed by atoms with E-state index in [2.05, 4.69) is 31.8 Å². The number of esters is 1. The van der Waals surface area contributed by atoms with E-state index in [1.807, 2.05) is 18.2 Å². The van der Waals surface area contributed by atoms with E-state index < -0.39 is 22.7 Å². The van der Waals surface area contributed by atoms with Gasteiger partial charge in [-0.15, -0.1) is 22.7 Å². The second kappa shape index (κ2) is 14.9. The van der Waals surface area contributed by atoms with E-state index in [0.29, 0.717) is 38.7 Å². The number of halogens is 3. The van der Waals surface area contributed by atoms with Crippen LogP contribution >= 0.6 is 61.8 Å². The summed E-state index contributed by atoms with van der Waals surface area (Å²) in [5, 5.41) is 19.6. The molecule has 2 aromatic heterocycles. The van der Waals surface area contributed by atoms with Gasteiger partial charge >= 0.3 is 5.97 Å². The van der Waals surface area contributed by atoms with Gasteiger partial charge in [-0.1, -0.05) is 45.2 Å². The van der Waals surface area contributed by atoms with Crippen molar-refractivity contribution in [2.24, 2.45) is 5.10 Å². The highest BCUT2D eigenvalue weighted by Crippen LogP contribution is 2.39. The number of hydrazone groups is 1. The summed E-state index contributed by atoms with van der Waals surface area (Å²) in [7, 11) is 0. The largest absolute Gasteiger partial charge is 0.490 e. The highest BCUT2D eigenvalue weighted by atomic mass is 79.9. The molecule has 6 rings (SSSR count). The summed E-state index contributed by atoms with van der Waals surface area (Å²) in [5.41, 5.74) is 3.59. The number of hydrogen-bond donors (Lipinski definition) is 2. The Balaban J connectivity index is 1.08. The Morgan fingerprint density at radius 3 is 2.28 bits per heavy atom. The number of carbonyl (C=O) groups is 3. The summed E-state index contributed by atoms with van der Waals surface area (Å²) in [4.78, 5) is 49.7. The van der Waals surface area contributed by atoms with Crippen LogP contribution in [0.5, 0.6) is 11.5 Å². The van der Waals surface area contributed by atoms with Crippen molar-refractivity contribution in [2.45, 2.75) is 6.92 Å². The predicted molar refractivity (Wildman–Crippen MR) is 200 cm³/mol. The van der Waals surface area contributed by atoms with Crippen LogP contribution in [0.1, 0.15) is 42.2 Å². The molecule has 4 aromatic carbocycles. The summed E-state index contributed by atoms with van der Waals surface area (Å²) in [5.74, 6) is -1.13. The van der Waals surface area contributed by atoms with E-state index in [1.165, 1.54) is 47.9 Å². The fourth-order valence-electron chi connectivity index (χ4n) is 4.71. The number of hydrogen-bond acceptors (Lipinski definition) is 10. The minimum atomic E-state index is -0.621. The zero-order chi connectivity index (χ0) is 35.5. The average molecular weight is 813 g/mol. The first-order chi connectivity index (χ1) is 24.0. The van der Waals surface area contributed by atoms with Gasteiger partial charge < -0.3 is 14.8 Å². The topological polar surface area (TPSA) is 149 Å². The van der Waals surface area contributed by atoms with Gasteiger partial charge in [0.05, 0.1) is 27.8 Å². The number of nitro groups is 1. The smallest absolute Gasteiger partial charge is 0.355 e. The first-order valence-corrected chi connectivity index (χ1v) is 17.7. The molecule has 2 amide bonds. The maximum Gasteiger partial charge on any atom is 0.355 e. The van der Waals surface area contributed by atoms with Crippen molar-refractivity contribution in [1.82, 2.24) is 5.43 Å². The highest BCUT2D eigenvalue weighted by Gasteiger charge is 2.22. The Kier molecular flexibility index (Phi) is 10.5. The van der Waals surface area contributed by atoms with Gasteiger partial charge in [0.1, 0.15) is 9.75 Å². The molecule has 11 nitrogen and oxygen atoms in total. The number of rotatable bonds is 10. The van der Waals surface area contributed by atoms with E-state index in [4.69, 9.17) is 32.7 Å². The van der Waals surface area contributed by atoms with Crippen LogP contribution in [0.25, 0.3) is 20.2 Å². The number of carbonyl (C=O) groups excluding carboxylic acids is 3. The number of amides is 2. The maximum atomic E-state index is 13.0. The van der Waals surface area contributed by atoms with Crippen molar-refractivity contribution in [2.75, 3.05) is 11.9 Å². The Morgan fingerprint density at radius 1 is 0.880 bits per heavy atom. The first kappa shape index (κ1) is 35.0. The van der Waals surface area contributed by atoms with E-state index in [1.54, 1.807) is 37.3 Å². The molecule has 2 heterocycles. The molecule has 0 spiro atoms. The molecule has 0 atom stereocenters. The second-order valence-electron chi connectivity index (χ2n) is 10.3. The lowest BCUT2D eigenvalue weighted by Crippen LogP contribution is -2.17. The van der Waals surface area contributed by atoms with E-state index in [-0.39, 0.29) is 31.8 Å². The van der Waals surface area contributed by atoms with Crippen LogP contribution in [-0.4, -0.2) is 35.5 Å². The van der Waals surface area contributed by atoms with Crippen molar-refractivity contribution >= 4 is 117 Å². The van der Waals surface area contributed by atoms with Gasteiger partial charge in [-0.25, -0.2) is 10.2 Å². The van der Waals surface area contributed by atoms with Crippen molar-refractivity contribution in [1.29, 1.82) is 0 Å². The standard InChI is InChI=1S/C34H21BrCl2N4O7S2/c1-2-47-25-13-17(3-12-24(25)48-34(44)31-29(37)22-10-6-19(35)14-26(22)50-31)16-38-40-32(42)18-4-7-20(8-5-18)39-33(43)30-28(36)23-11-9-21(41(45)46)15-27(23)49-30/h3-16H,2H2,1H3,(H,39,43)(H,40,42)/b38-16-. The Bertz CT molecular complexity index is 2360. The lowest BCUT2D eigenvalue weighted by Gasteiger charge is -2.11. The molecular weight excluding hydrogens is 791 g/mol. The number of fused-ring (bicyclic) bond motifs is 2. The second-order valence-corrected chi connectivity index (χ2v) is 14.1. The molecule has 0 aliphatic rings. The highest BCUT2D eigenvalue weighted by molar-refractivity contribution is 9.10. The van der Waals surface area contributed by atoms with Crippen LogP contribution in [0, 0.1) is 10.1 Å². The van der Waals surface area contributed by atoms with Crippen LogP contribution in [0.4, 0.5) is 11.4 Å². The molecule has 2 N–H and O–H groups in total. The summed E-state index contributed by atoms with van der Waals surface area (Å²) in [6.45, 7) is 2.09. The Hall–Kier alpha value is -4.86. The monoisotopic (exact) mass is 810 g/mol. The molecule has 0 bridgehead atoms. The van der Waals surface area contributed by atoms with Gasteiger partial charge in [-0.2, -0.15) is 5.10 Å². The van der Waals surface area contributed by atoms with E-state index >= 15 is 0 Å². The van der Waals surface area contributed by atoms with Gasteiger partial charge in [0, 0.05) is 48.0 Å². The molecule has 0 aliphatic heterocycles. The van der Waals surface area contributed by atoms with Gasteiger partial charge in [0.25, 0.3) is 17.5 Å². The molecule has 50 heavy (non-hydrogen) atoms. The number of thiophene rings is 2. The van der Waals surface area contributed by atoms with Crippen LogP contribution < -0.4 is 20.2 Å². The third kappa shape index (κ3) is 7.49. The molecule has 0 radical (unpaired) electrons. The van der Waals surface area contributed by atoms with Gasteiger partial charge in [-0.3, -0.25) is 19.7 Å². The number of benzene rings is 4. The summed E-state index contributed by atoms with van der Waals surface area (Å²) in [6.07, 6.45) is 1.41. The average Bonchev–Trinajstić information content (AvgIpc) is 3.61. The van der Waals surface area contributed by atoms with Crippen molar-refractivity contribution < 1.29 is 28.8 Å². The molecular formula is C34H21BrCl2N4O7S2. The quantitative estimate of drug-likeness (QED) is 0.0460. The fourth-order valence-corrected chi connectivity index (χ4v) is 8.09. The summed E-state index contributed by atoms with van der Waals surface area (Å²) >= 11 is 18.6. The third-order valence-corrected chi connectivity index (χ3v) is 10.8. The zero-order valence-corrected chi connectivity index (χ0v) is 30.2. The van der Waals surface area contributed by atoms with Crippen molar-refractivity contribution in [3.05, 3.63) is 124 Å². The number of nitrogens with zero attached hydrogens (tertiary/aromatic N) is 2. The first-order valence-electron chi connectivity index (χ1n) is 14.5. The van der Waals surface area contributed by atoms with Gasteiger partial charge in [0.15, 0.2) is 11.5 Å². The molecule has 0 fully saturated rings. The van der Waals surface area contributed by atoms with Crippen molar-refractivity contribution in [3.8, 4) is 11.5 Å². The van der Waals surface area contributed by atoms with Crippen molar-refractivity contribution in [3.63, 3.8) is 0 Å². The van der Waals surface area contributed by atoms with Crippen LogP contribution in [0.2, 0.25) is 10.0 Å². The van der Waals surface area contributed by atoms with Gasteiger partial charge in [0.2, 0.25) is 0 Å². The molecule has 0 unspecified atom stereocenters. The number of nitro benzene ring substituents is 1. The lowest BCUT2D eigenvalue weighted by atomic mass is 10.2. The SMILES string of the molecule is CCOc1cc(/C=N\NC(=O)c2ccc(NC(=O)c3sc4cc([N+](=O)[O-])ccc4c3Cl)cc2)ccc1OC(=O)c1sc2cc(Br)ccc2c1Cl. The summed E-state index contributed by atoms with van der Waals surface area (Å²) in [6, 6.07) is 20.7. The molecule has 0 saturated heterocycles. The Labute approximate surface area is 309 Å². The van der Waals surface area contributed by atoms with Crippen LogP contribution in [0.15, 0.2) is 88.4 Å². The normalized spacial score (nSPS) is 11.2.